The molecule has 2 unspecified atom stereocenters. The number of aliphatic hydroxyl groups is 1. The smallest absolute Gasteiger partial charge is 0.341 e. The number of hydrogen-bond acceptors (Lipinski definition) is 4. The van der Waals surface area contributed by atoms with E-state index in [0.29, 0.717) is 23.6 Å². The number of fused-ring (bicyclic) bond motifs is 1. The third-order valence-electron chi connectivity index (χ3n) is 5.31. The van der Waals surface area contributed by atoms with Crippen molar-refractivity contribution in [3.05, 3.63) is 29.8 Å². The van der Waals surface area contributed by atoms with Crippen molar-refractivity contribution < 1.29 is 19.7 Å². The molecule has 0 radical (unpaired) electrons. The number of nitrogens with zero attached hydrogens (tertiary/aromatic N) is 1. The fourth-order valence-electron chi connectivity index (χ4n) is 4.17. The maximum absolute atomic E-state index is 10.5. The van der Waals surface area contributed by atoms with Crippen LogP contribution in [0.25, 0.3) is 0 Å². The molecular formula is C18H25NO4. The minimum atomic E-state index is -0.967. The predicted octanol–water partition coefficient (Wildman–Crippen LogP) is 2.13. The van der Waals surface area contributed by atoms with E-state index in [1.807, 2.05) is 24.3 Å². The van der Waals surface area contributed by atoms with Crippen LogP contribution in [0.2, 0.25) is 0 Å². The molecule has 2 aliphatic rings. The Morgan fingerprint density at radius 3 is 2.35 bits per heavy atom. The molecule has 2 fully saturated rings. The Hall–Kier alpha value is -1.59. The summed E-state index contributed by atoms with van der Waals surface area (Å²) in [7, 11) is 2.16. The summed E-state index contributed by atoms with van der Waals surface area (Å²) in [5.74, 6) is 1.02. The minimum Gasteiger partial charge on any atom is -0.482 e. The van der Waals surface area contributed by atoms with Crippen LogP contribution in [-0.4, -0.2) is 46.9 Å². The zero-order valence-corrected chi connectivity index (χ0v) is 13.5. The van der Waals surface area contributed by atoms with E-state index in [2.05, 4.69) is 11.9 Å². The van der Waals surface area contributed by atoms with Gasteiger partial charge in [-0.2, -0.15) is 0 Å². The topological polar surface area (TPSA) is 70.0 Å². The lowest BCUT2D eigenvalue weighted by Crippen LogP contribution is -2.29. The molecule has 0 bridgehead atoms. The van der Waals surface area contributed by atoms with Gasteiger partial charge >= 0.3 is 5.97 Å². The number of benzene rings is 1. The fraction of sp³-hybridized carbons (Fsp3) is 0.611. The molecule has 1 aromatic rings. The fourth-order valence-corrected chi connectivity index (χ4v) is 4.17. The van der Waals surface area contributed by atoms with Gasteiger partial charge < -0.3 is 14.9 Å². The normalized spacial score (nSPS) is 29.7. The van der Waals surface area contributed by atoms with E-state index in [0.717, 1.165) is 19.4 Å². The van der Waals surface area contributed by atoms with Crippen molar-refractivity contribution in [1.82, 2.24) is 4.90 Å². The number of carboxylic acids is 1. The van der Waals surface area contributed by atoms with Crippen molar-refractivity contribution >= 4 is 5.97 Å². The molecule has 5 heteroatoms. The summed E-state index contributed by atoms with van der Waals surface area (Å²) < 4.78 is 5.15. The van der Waals surface area contributed by atoms with Gasteiger partial charge in [0.15, 0.2) is 6.61 Å². The average Bonchev–Trinajstić information content (AvgIpc) is 3.03. The van der Waals surface area contributed by atoms with Crippen molar-refractivity contribution in [2.75, 3.05) is 13.7 Å². The van der Waals surface area contributed by atoms with Gasteiger partial charge in [-0.3, -0.25) is 4.90 Å². The van der Waals surface area contributed by atoms with E-state index in [1.165, 1.54) is 18.4 Å². The van der Waals surface area contributed by atoms with Crippen molar-refractivity contribution in [3.8, 4) is 5.75 Å². The Morgan fingerprint density at radius 1 is 1.17 bits per heavy atom. The number of aliphatic hydroxyl groups excluding tert-OH is 1. The van der Waals surface area contributed by atoms with Gasteiger partial charge in [-0.05, 0) is 62.3 Å². The predicted molar refractivity (Wildman–Crippen MR) is 86.3 cm³/mol. The lowest BCUT2D eigenvalue weighted by molar-refractivity contribution is -0.139. The maximum Gasteiger partial charge on any atom is 0.341 e. The number of carboxylic acid groups (broad SMARTS) is 1. The van der Waals surface area contributed by atoms with E-state index in [9.17, 15) is 9.90 Å². The second-order valence-corrected chi connectivity index (χ2v) is 7.01. The molecule has 23 heavy (non-hydrogen) atoms. The monoisotopic (exact) mass is 319 g/mol. The molecular weight excluding hydrogens is 294 g/mol. The van der Waals surface area contributed by atoms with Gasteiger partial charge in [-0.25, -0.2) is 4.79 Å². The van der Waals surface area contributed by atoms with Gasteiger partial charge in [0.2, 0.25) is 0 Å². The van der Waals surface area contributed by atoms with Crippen LogP contribution in [-0.2, 0) is 11.3 Å². The van der Waals surface area contributed by atoms with Crippen LogP contribution in [0.5, 0.6) is 5.75 Å². The molecule has 0 spiro atoms. The van der Waals surface area contributed by atoms with Gasteiger partial charge in [0.05, 0.1) is 6.10 Å². The van der Waals surface area contributed by atoms with E-state index in [-0.39, 0.29) is 12.7 Å². The number of aliphatic carboxylic acids is 1. The van der Waals surface area contributed by atoms with Crippen molar-refractivity contribution in [2.24, 2.45) is 11.8 Å². The molecule has 1 aromatic carbocycles. The van der Waals surface area contributed by atoms with Crippen LogP contribution in [0.3, 0.4) is 0 Å². The lowest BCUT2D eigenvalue weighted by Gasteiger charge is -2.25. The largest absolute Gasteiger partial charge is 0.482 e. The van der Waals surface area contributed by atoms with E-state index < -0.39 is 5.97 Å². The third kappa shape index (κ3) is 4.03. The number of hydrogen-bond donors (Lipinski definition) is 2. The first-order valence-electron chi connectivity index (χ1n) is 8.33. The first-order chi connectivity index (χ1) is 11.0. The molecule has 2 aliphatic carbocycles. The second-order valence-electron chi connectivity index (χ2n) is 7.01. The summed E-state index contributed by atoms with van der Waals surface area (Å²) in [6.45, 7) is 0.571. The average molecular weight is 319 g/mol. The minimum absolute atomic E-state index is 0.0744. The SMILES string of the molecule is CN(Cc1ccc(OCC(=O)O)cc1)C1C[C@H]2CC(O)C[C@H]2C1. The summed E-state index contributed by atoms with van der Waals surface area (Å²) in [5, 5.41) is 18.3. The van der Waals surface area contributed by atoms with E-state index in [1.54, 1.807) is 0 Å². The molecule has 3 rings (SSSR count). The number of rotatable bonds is 6. The van der Waals surface area contributed by atoms with Crippen LogP contribution in [0, 0.1) is 11.8 Å². The highest BCUT2D eigenvalue weighted by molar-refractivity contribution is 5.68. The molecule has 5 nitrogen and oxygen atoms in total. The van der Waals surface area contributed by atoms with Gasteiger partial charge in [-0.1, -0.05) is 12.1 Å². The molecule has 0 amide bonds. The zero-order valence-electron chi connectivity index (χ0n) is 13.5. The third-order valence-corrected chi connectivity index (χ3v) is 5.31. The van der Waals surface area contributed by atoms with Crippen molar-refractivity contribution in [2.45, 2.75) is 44.4 Å². The summed E-state index contributed by atoms with van der Waals surface area (Å²) in [6.07, 6.45) is 4.26. The molecule has 0 aliphatic heterocycles. The Morgan fingerprint density at radius 2 is 1.78 bits per heavy atom. The Balaban J connectivity index is 1.50. The standard InChI is InChI=1S/C18H25NO4/c1-19(15-6-13-8-16(20)9-14(13)7-15)10-12-2-4-17(5-3-12)23-11-18(21)22/h2-5,13-16,20H,6-11H2,1H3,(H,21,22)/t13-,14+,15?,16?. The molecule has 126 valence electrons. The molecule has 2 saturated carbocycles. The zero-order chi connectivity index (χ0) is 16.4. The Labute approximate surface area is 136 Å². The van der Waals surface area contributed by atoms with Gasteiger partial charge in [0.25, 0.3) is 0 Å². The Bertz CT molecular complexity index is 530. The number of carbonyl (C=O) groups is 1. The molecule has 0 aromatic heterocycles. The van der Waals surface area contributed by atoms with Gasteiger partial charge in [0, 0.05) is 12.6 Å². The van der Waals surface area contributed by atoms with E-state index in [4.69, 9.17) is 9.84 Å². The maximum atomic E-state index is 10.5. The first kappa shape index (κ1) is 16.3. The van der Waals surface area contributed by atoms with Crippen LogP contribution >= 0.6 is 0 Å². The quantitative estimate of drug-likeness (QED) is 0.840. The molecule has 0 heterocycles. The first-order valence-corrected chi connectivity index (χ1v) is 8.33. The highest BCUT2D eigenvalue weighted by Gasteiger charge is 2.42. The van der Waals surface area contributed by atoms with Crippen molar-refractivity contribution in [1.29, 1.82) is 0 Å². The van der Waals surface area contributed by atoms with Crippen molar-refractivity contribution in [3.63, 3.8) is 0 Å². The summed E-state index contributed by atoms with van der Waals surface area (Å²) in [6, 6.07) is 8.23. The highest BCUT2D eigenvalue weighted by Crippen LogP contribution is 2.45. The molecule has 2 N–H and O–H groups in total. The van der Waals surface area contributed by atoms with E-state index >= 15 is 0 Å². The molecule has 4 atom stereocenters. The number of ether oxygens (including phenoxy) is 1. The molecule has 0 saturated heterocycles. The Kier molecular flexibility index (Phi) is 4.87. The summed E-state index contributed by atoms with van der Waals surface area (Å²) in [5.41, 5.74) is 1.20. The van der Waals surface area contributed by atoms with Crippen LogP contribution in [0.4, 0.5) is 0 Å². The van der Waals surface area contributed by atoms with Crippen LogP contribution in [0.15, 0.2) is 24.3 Å². The summed E-state index contributed by atoms with van der Waals surface area (Å²) >= 11 is 0. The van der Waals surface area contributed by atoms with Crippen LogP contribution < -0.4 is 4.74 Å². The van der Waals surface area contributed by atoms with Crippen LogP contribution in [0.1, 0.15) is 31.2 Å². The van der Waals surface area contributed by atoms with Gasteiger partial charge in [0.1, 0.15) is 5.75 Å². The van der Waals surface area contributed by atoms with Gasteiger partial charge in [-0.15, -0.1) is 0 Å². The lowest BCUT2D eigenvalue weighted by atomic mass is 10.0. The summed E-state index contributed by atoms with van der Waals surface area (Å²) in [4.78, 5) is 12.9. The second kappa shape index (κ2) is 6.89. The highest BCUT2D eigenvalue weighted by atomic mass is 16.5.